The average Bonchev–Trinajstić information content (AvgIpc) is 1.79. The highest BCUT2D eigenvalue weighted by Crippen LogP contribution is 2.39. The van der Waals surface area contributed by atoms with Crippen LogP contribution in [0.2, 0.25) is 0 Å². The molecule has 0 amide bonds. The molecule has 0 heterocycles. The summed E-state index contributed by atoms with van der Waals surface area (Å²) in [6.45, 7) is 3.93. The second-order valence-electron chi connectivity index (χ2n) is 2.83. The van der Waals surface area contributed by atoms with Gasteiger partial charge in [0.15, 0.2) is 5.00 Å². The Balaban J connectivity index is 2.70. The number of hydrogen-bond acceptors (Lipinski definition) is 1. The fourth-order valence-electron chi connectivity index (χ4n) is 1.18. The third-order valence-corrected chi connectivity index (χ3v) is 2.12. The third-order valence-electron chi connectivity index (χ3n) is 1.80. The molecule has 0 saturated heterocycles. The Morgan fingerprint density at radius 3 is 1.78 bits per heavy atom. The number of rotatable bonds is 0. The lowest BCUT2D eigenvalue weighted by Gasteiger charge is -2.09. The van der Waals surface area contributed by atoms with Gasteiger partial charge in [0.25, 0.3) is 0 Å². The Morgan fingerprint density at radius 1 is 1.33 bits per heavy atom. The van der Waals surface area contributed by atoms with Crippen molar-refractivity contribution in [1.82, 2.24) is 0 Å². The minimum absolute atomic E-state index is 0.502. The van der Waals surface area contributed by atoms with Gasteiger partial charge in [-0.3, -0.25) is 0 Å². The highest BCUT2D eigenvalue weighted by molar-refractivity contribution is 7.81. The van der Waals surface area contributed by atoms with Crippen LogP contribution in [0.5, 0.6) is 0 Å². The highest BCUT2D eigenvalue weighted by atomic mass is 32.1. The first-order valence-electron chi connectivity index (χ1n) is 3.08. The molecule has 0 saturated carbocycles. The van der Waals surface area contributed by atoms with Gasteiger partial charge in [-0.1, -0.05) is 11.1 Å². The van der Waals surface area contributed by atoms with Gasteiger partial charge >= 0.3 is 0 Å². The number of thiol groups is 1. The molecule has 1 aliphatic carbocycles. The first-order valence-corrected chi connectivity index (χ1v) is 3.52. The summed E-state index contributed by atoms with van der Waals surface area (Å²) >= 11 is 3.86. The quantitative estimate of drug-likeness (QED) is 0.394. The highest BCUT2D eigenvalue weighted by Gasteiger charge is 2.31. The molecule has 2 heteroatoms. The van der Waals surface area contributed by atoms with Gasteiger partial charge in [0, 0.05) is 12.8 Å². The summed E-state index contributed by atoms with van der Waals surface area (Å²) in [6.07, 6.45) is 1.00. The van der Waals surface area contributed by atoms with Crippen molar-refractivity contribution in [3.8, 4) is 0 Å². The van der Waals surface area contributed by atoms with Crippen molar-refractivity contribution in [2.24, 2.45) is 0 Å². The zero-order valence-corrected chi connectivity index (χ0v) is 6.63. The molecule has 1 aliphatic rings. The maximum Gasteiger partial charge on any atom is 0.160 e. The Hall–Kier alpha value is 0.0200. The second kappa shape index (κ2) is 2.01. The van der Waals surface area contributed by atoms with Crippen LogP contribution in [-0.4, -0.2) is 5.00 Å². The monoisotopic (exact) mass is 146 g/mol. The Kier molecular flexibility index (Phi) is 1.59. The van der Waals surface area contributed by atoms with E-state index in [9.17, 15) is 4.39 Å². The van der Waals surface area contributed by atoms with Gasteiger partial charge in [0.1, 0.15) is 0 Å². The van der Waals surface area contributed by atoms with E-state index in [1.54, 1.807) is 0 Å². The summed E-state index contributed by atoms with van der Waals surface area (Å²) in [5, 5.41) is -1.24. The standard InChI is InChI=1S/C7H11FS/c1-5-3-7(8,9)4-6(5)2/h9H,3-4H2,1-2H3. The number of hydrogen-bond donors (Lipinski definition) is 1. The molecule has 0 fully saturated rings. The Bertz CT molecular complexity index is 142. The van der Waals surface area contributed by atoms with Crippen LogP contribution >= 0.6 is 12.6 Å². The smallest absolute Gasteiger partial charge is 0.160 e. The minimum Gasteiger partial charge on any atom is -0.232 e. The summed E-state index contributed by atoms with van der Waals surface area (Å²) in [5.41, 5.74) is 2.32. The van der Waals surface area contributed by atoms with E-state index in [-0.39, 0.29) is 0 Å². The van der Waals surface area contributed by atoms with Crippen LogP contribution in [0.25, 0.3) is 0 Å². The largest absolute Gasteiger partial charge is 0.232 e. The lowest BCUT2D eigenvalue weighted by atomic mass is 10.2. The fraction of sp³-hybridized carbons (Fsp3) is 0.714. The van der Waals surface area contributed by atoms with Crippen LogP contribution in [-0.2, 0) is 0 Å². The predicted octanol–water partition coefficient (Wildman–Crippen LogP) is 2.71. The van der Waals surface area contributed by atoms with Crippen molar-refractivity contribution < 1.29 is 4.39 Å². The molecule has 1 rings (SSSR count). The van der Waals surface area contributed by atoms with Gasteiger partial charge in [0.05, 0.1) is 0 Å². The Morgan fingerprint density at radius 2 is 1.67 bits per heavy atom. The van der Waals surface area contributed by atoms with E-state index in [1.165, 1.54) is 0 Å². The SMILES string of the molecule is CC1=C(C)CC(F)(S)C1. The van der Waals surface area contributed by atoms with Gasteiger partial charge < -0.3 is 0 Å². The molecule has 0 aromatic carbocycles. The van der Waals surface area contributed by atoms with Gasteiger partial charge in [-0.2, -0.15) is 0 Å². The first-order chi connectivity index (χ1) is 4.01. The molecule has 0 aromatic heterocycles. The lowest BCUT2D eigenvalue weighted by molar-refractivity contribution is 0.305. The van der Waals surface area contributed by atoms with Crippen LogP contribution in [0.15, 0.2) is 11.1 Å². The van der Waals surface area contributed by atoms with Crippen LogP contribution < -0.4 is 0 Å². The van der Waals surface area contributed by atoms with Crippen molar-refractivity contribution in [3.63, 3.8) is 0 Å². The summed E-state index contributed by atoms with van der Waals surface area (Å²) in [4.78, 5) is 0. The lowest BCUT2D eigenvalue weighted by Crippen LogP contribution is -2.07. The van der Waals surface area contributed by atoms with Crippen LogP contribution in [0, 0.1) is 0 Å². The molecular weight excluding hydrogens is 135 g/mol. The molecule has 9 heavy (non-hydrogen) atoms. The van der Waals surface area contributed by atoms with E-state index in [1.807, 2.05) is 13.8 Å². The fourth-order valence-corrected chi connectivity index (χ4v) is 1.65. The molecule has 0 spiro atoms. The molecule has 0 atom stereocenters. The predicted molar refractivity (Wildman–Crippen MR) is 40.4 cm³/mol. The molecule has 0 N–H and O–H groups in total. The zero-order chi connectivity index (χ0) is 7.07. The van der Waals surface area contributed by atoms with E-state index in [2.05, 4.69) is 12.6 Å². The topological polar surface area (TPSA) is 0 Å². The summed E-state index contributed by atoms with van der Waals surface area (Å²) in [7, 11) is 0. The molecule has 0 aliphatic heterocycles. The van der Waals surface area contributed by atoms with E-state index in [4.69, 9.17) is 0 Å². The Labute approximate surface area is 60.6 Å². The van der Waals surface area contributed by atoms with Crippen LogP contribution in [0.1, 0.15) is 26.7 Å². The van der Waals surface area contributed by atoms with E-state index in [0.29, 0.717) is 12.8 Å². The van der Waals surface area contributed by atoms with E-state index < -0.39 is 5.00 Å². The van der Waals surface area contributed by atoms with Gasteiger partial charge in [-0.15, -0.1) is 12.6 Å². The van der Waals surface area contributed by atoms with Gasteiger partial charge in [0.2, 0.25) is 0 Å². The molecular formula is C7H11FS. The van der Waals surface area contributed by atoms with E-state index in [0.717, 1.165) is 11.1 Å². The molecule has 52 valence electrons. The van der Waals surface area contributed by atoms with Crippen LogP contribution in [0.4, 0.5) is 4.39 Å². The minimum atomic E-state index is -1.24. The average molecular weight is 146 g/mol. The number of allylic oxidation sites excluding steroid dienone is 2. The first kappa shape index (κ1) is 7.13. The van der Waals surface area contributed by atoms with Gasteiger partial charge in [-0.25, -0.2) is 4.39 Å². The molecule has 0 radical (unpaired) electrons. The molecule has 0 unspecified atom stereocenters. The van der Waals surface area contributed by atoms with Crippen molar-refractivity contribution in [2.75, 3.05) is 0 Å². The normalized spacial score (nSPS) is 25.3. The number of halogens is 1. The maximum absolute atomic E-state index is 12.9. The van der Waals surface area contributed by atoms with E-state index >= 15 is 0 Å². The molecule has 0 nitrogen and oxygen atoms in total. The van der Waals surface area contributed by atoms with Crippen LogP contribution in [0.3, 0.4) is 0 Å². The van der Waals surface area contributed by atoms with Crippen molar-refractivity contribution in [3.05, 3.63) is 11.1 Å². The van der Waals surface area contributed by atoms with Crippen molar-refractivity contribution in [1.29, 1.82) is 0 Å². The van der Waals surface area contributed by atoms with Crippen molar-refractivity contribution in [2.45, 2.75) is 31.7 Å². The summed E-state index contributed by atoms with van der Waals surface area (Å²) < 4.78 is 12.9. The molecule has 0 bridgehead atoms. The molecule has 0 aromatic rings. The summed E-state index contributed by atoms with van der Waals surface area (Å²) in [5.74, 6) is 0. The van der Waals surface area contributed by atoms with Crippen molar-refractivity contribution >= 4 is 12.6 Å². The summed E-state index contributed by atoms with van der Waals surface area (Å²) in [6, 6.07) is 0. The van der Waals surface area contributed by atoms with Gasteiger partial charge in [-0.05, 0) is 13.8 Å². The second-order valence-corrected chi connectivity index (χ2v) is 3.63. The third kappa shape index (κ3) is 1.48. The maximum atomic E-state index is 12.9. The zero-order valence-electron chi connectivity index (χ0n) is 5.74. The number of alkyl halides is 1.